The van der Waals surface area contributed by atoms with Crippen molar-refractivity contribution in [3.05, 3.63) is 94.8 Å². The van der Waals surface area contributed by atoms with E-state index in [0.717, 1.165) is 5.56 Å². The Bertz CT molecular complexity index is 1110. The molecule has 3 aromatic carbocycles. The first kappa shape index (κ1) is 19.9. The lowest BCUT2D eigenvalue weighted by molar-refractivity contribution is -0.123. The number of nitrogens with one attached hydrogen (secondary N) is 1. The second-order valence-electron chi connectivity index (χ2n) is 6.32. The summed E-state index contributed by atoms with van der Waals surface area (Å²) >= 11 is 12.1. The molecule has 0 spiro atoms. The fourth-order valence-corrected chi connectivity index (χ4v) is 3.37. The summed E-state index contributed by atoms with van der Waals surface area (Å²) in [7, 11) is 0. The van der Waals surface area contributed by atoms with Gasteiger partial charge in [-0.2, -0.15) is 0 Å². The molecule has 0 bridgehead atoms. The van der Waals surface area contributed by atoms with E-state index in [1.54, 1.807) is 42.5 Å². The van der Waals surface area contributed by atoms with Crippen LogP contribution in [0.5, 0.6) is 5.75 Å². The summed E-state index contributed by atoms with van der Waals surface area (Å²) in [5, 5.41) is 11.2. The van der Waals surface area contributed by atoms with Gasteiger partial charge in [0.05, 0.1) is 0 Å². The van der Waals surface area contributed by atoms with Gasteiger partial charge in [-0.3, -0.25) is 4.79 Å². The molecule has 0 aliphatic heterocycles. The predicted molar refractivity (Wildman–Crippen MR) is 115 cm³/mol. The maximum absolute atomic E-state index is 13.0. The predicted octanol–water partition coefficient (Wildman–Crippen LogP) is 5.80. The van der Waals surface area contributed by atoms with Crippen molar-refractivity contribution < 1.29 is 13.9 Å². The second-order valence-corrected chi connectivity index (χ2v) is 7.20. The first-order valence-corrected chi connectivity index (χ1v) is 9.69. The van der Waals surface area contributed by atoms with Gasteiger partial charge in [-0.1, -0.05) is 53.5 Å². The van der Waals surface area contributed by atoms with Crippen LogP contribution in [0.25, 0.3) is 11.5 Å². The number of benzene rings is 3. The molecular weight excluding hydrogens is 425 g/mol. The van der Waals surface area contributed by atoms with Crippen molar-refractivity contribution in [2.45, 2.75) is 6.10 Å². The van der Waals surface area contributed by atoms with Crippen LogP contribution in [0.2, 0.25) is 10.0 Å². The van der Waals surface area contributed by atoms with Crippen LogP contribution >= 0.6 is 23.2 Å². The van der Waals surface area contributed by atoms with E-state index in [4.69, 9.17) is 32.4 Å². The highest BCUT2D eigenvalue weighted by Crippen LogP contribution is 2.28. The van der Waals surface area contributed by atoms with Gasteiger partial charge >= 0.3 is 0 Å². The molecule has 4 aromatic rings. The number of amides is 1. The van der Waals surface area contributed by atoms with Gasteiger partial charge in [0.2, 0.25) is 18.4 Å². The molecule has 0 aliphatic carbocycles. The van der Waals surface area contributed by atoms with Crippen LogP contribution in [-0.2, 0) is 4.79 Å². The molecule has 30 heavy (non-hydrogen) atoms. The summed E-state index contributed by atoms with van der Waals surface area (Å²) in [6.07, 6.45) is 0.371. The molecule has 0 fully saturated rings. The highest BCUT2D eigenvalue weighted by molar-refractivity contribution is 6.35. The smallest absolute Gasteiger partial charge is 0.270 e. The minimum Gasteiger partial charge on any atom is -0.476 e. The molecule has 1 N–H and O–H groups in total. The Labute approximate surface area is 182 Å². The molecule has 0 aliphatic rings. The van der Waals surface area contributed by atoms with Crippen LogP contribution in [0.4, 0.5) is 5.69 Å². The van der Waals surface area contributed by atoms with E-state index >= 15 is 0 Å². The summed E-state index contributed by atoms with van der Waals surface area (Å²) in [4.78, 5) is 13.0. The summed E-state index contributed by atoms with van der Waals surface area (Å²) in [6, 6.07) is 21.0. The molecule has 1 unspecified atom stereocenters. The molecule has 8 heteroatoms. The monoisotopic (exact) mass is 439 g/mol. The minimum absolute atomic E-state index is 0.361. The molecule has 1 heterocycles. The van der Waals surface area contributed by atoms with Crippen LogP contribution in [0.1, 0.15) is 11.7 Å². The van der Waals surface area contributed by atoms with Gasteiger partial charge in [0.25, 0.3) is 5.91 Å². The number of nitrogens with zero attached hydrogens (tertiary/aromatic N) is 2. The number of carbonyl (C=O) groups excluding carboxylic acids is 1. The number of ether oxygens (including phenoxy) is 1. The third-order valence-corrected chi connectivity index (χ3v) is 4.62. The number of anilines is 1. The number of hydrogen-bond acceptors (Lipinski definition) is 5. The molecule has 6 nitrogen and oxygen atoms in total. The van der Waals surface area contributed by atoms with Gasteiger partial charge in [0.1, 0.15) is 5.75 Å². The highest BCUT2D eigenvalue weighted by Gasteiger charge is 2.23. The van der Waals surface area contributed by atoms with E-state index in [2.05, 4.69) is 15.5 Å². The number of aromatic nitrogens is 2. The zero-order valence-corrected chi connectivity index (χ0v) is 17.0. The summed E-state index contributed by atoms with van der Waals surface area (Å²) in [5.41, 5.74) is 1.92. The lowest BCUT2D eigenvalue weighted by Crippen LogP contribution is -2.25. The average molecular weight is 440 g/mol. The van der Waals surface area contributed by atoms with Crippen molar-refractivity contribution in [3.8, 4) is 17.2 Å². The van der Waals surface area contributed by atoms with Crippen molar-refractivity contribution in [1.29, 1.82) is 0 Å². The number of hydrogen-bond donors (Lipinski definition) is 1. The van der Waals surface area contributed by atoms with Crippen molar-refractivity contribution in [2.75, 3.05) is 5.32 Å². The van der Waals surface area contributed by atoms with Crippen LogP contribution < -0.4 is 10.1 Å². The van der Waals surface area contributed by atoms with Gasteiger partial charge in [-0.05, 0) is 42.5 Å². The summed E-state index contributed by atoms with van der Waals surface area (Å²) in [6.45, 7) is 0. The van der Waals surface area contributed by atoms with E-state index in [0.29, 0.717) is 32.9 Å². The molecule has 1 amide bonds. The normalized spacial score (nSPS) is 11.7. The van der Waals surface area contributed by atoms with E-state index < -0.39 is 6.10 Å². The van der Waals surface area contributed by atoms with E-state index in [1.165, 1.54) is 6.39 Å². The lowest BCUT2D eigenvalue weighted by Gasteiger charge is -2.19. The van der Waals surface area contributed by atoms with E-state index in [9.17, 15) is 4.79 Å². The fourth-order valence-electron chi connectivity index (χ4n) is 2.85. The third kappa shape index (κ3) is 4.79. The molecule has 1 aromatic heterocycles. The maximum atomic E-state index is 13.0. The molecule has 4 rings (SSSR count). The minimum atomic E-state index is -0.891. The quantitative estimate of drug-likeness (QED) is 0.410. The van der Waals surface area contributed by atoms with Gasteiger partial charge in [-0.15, -0.1) is 10.2 Å². The van der Waals surface area contributed by atoms with Crippen LogP contribution in [-0.4, -0.2) is 16.1 Å². The molecule has 0 saturated heterocycles. The third-order valence-electron chi connectivity index (χ3n) is 4.19. The first-order valence-electron chi connectivity index (χ1n) is 8.93. The Hall–Kier alpha value is -3.35. The van der Waals surface area contributed by atoms with Gasteiger partial charge in [0, 0.05) is 26.9 Å². The Kier molecular flexibility index (Phi) is 5.97. The van der Waals surface area contributed by atoms with Crippen molar-refractivity contribution in [1.82, 2.24) is 10.2 Å². The molecule has 0 saturated carbocycles. The summed E-state index contributed by atoms with van der Waals surface area (Å²) < 4.78 is 11.2. The van der Waals surface area contributed by atoms with Crippen LogP contribution in [0.3, 0.4) is 0 Å². The first-order chi connectivity index (χ1) is 14.6. The summed E-state index contributed by atoms with van der Waals surface area (Å²) in [5.74, 6) is 0.545. The van der Waals surface area contributed by atoms with E-state index in [1.807, 2.05) is 30.3 Å². The average Bonchev–Trinajstić information content (AvgIpc) is 3.27. The van der Waals surface area contributed by atoms with Crippen molar-refractivity contribution in [2.24, 2.45) is 0 Å². The number of halogens is 2. The lowest BCUT2D eigenvalue weighted by atomic mass is 10.1. The second kappa shape index (κ2) is 8.98. The number of carbonyl (C=O) groups is 1. The Morgan fingerprint density at radius 2 is 1.67 bits per heavy atom. The van der Waals surface area contributed by atoms with Gasteiger partial charge in [0.15, 0.2) is 0 Å². The Morgan fingerprint density at radius 3 is 2.30 bits per heavy atom. The number of rotatable bonds is 6. The fraction of sp³-hybridized carbons (Fsp3) is 0.0455. The molecule has 0 radical (unpaired) electrons. The largest absolute Gasteiger partial charge is 0.476 e. The molecular formula is C22H15Cl2N3O3. The molecule has 150 valence electrons. The van der Waals surface area contributed by atoms with Gasteiger partial charge < -0.3 is 14.5 Å². The van der Waals surface area contributed by atoms with Gasteiger partial charge in [-0.25, -0.2) is 0 Å². The van der Waals surface area contributed by atoms with E-state index in [-0.39, 0.29) is 5.91 Å². The highest BCUT2D eigenvalue weighted by atomic mass is 35.5. The standard InChI is InChI=1S/C22H15Cl2N3O3/c23-16-10-17(24)12-18(11-16)26-21(28)20(14-4-2-1-3-5-14)30-19-8-6-15(7-9-19)22-27-25-13-29-22/h1-13,20H,(H,26,28). The Morgan fingerprint density at radius 1 is 0.967 bits per heavy atom. The molecule has 1 atom stereocenters. The van der Waals surface area contributed by atoms with Crippen LogP contribution in [0.15, 0.2) is 83.6 Å². The Balaban J connectivity index is 1.58. The zero-order chi connectivity index (χ0) is 20.9. The maximum Gasteiger partial charge on any atom is 0.270 e. The topological polar surface area (TPSA) is 77.2 Å². The van der Waals surface area contributed by atoms with Crippen molar-refractivity contribution in [3.63, 3.8) is 0 Å². The van der Waals surface area contributed by atoms with Crippen LogP contribution in [0, 0.1) is 0 Å². The van der Waals surface area contributed by atoms with Crippen molar-refractivity contribution >= 4 is 34.8 Å². The SMILES string of the molecule is O=C(Nc1cc(Cl)cc(Cl)c1)C(Oc1ccc(-c2nnco2)cc1)c1ccccc1. The zero-order valence-electron chi connectivity index (χ0n) is 15.5.